The smallest absolute Gasteiger partial charge is 0.255 e. The molecule has 2 aromatic rings. The first-order valence-electron chi connectivity index (χ1n) is 6.38. The average molecular weight is 432 g/mol. The first-order chi connectivity index (χ1) is 9.90. The van der Waals surface area contributed by atoms with Crippen LogP contribution in [-0.4, -0.2) is 17.9 Å². The molecule has 0 aliphatic carbocycles. The summed E-state index contributed by atoms with van der Waals surface area (Å²) in [6, 6.07) is 13.0. The lowest BCUT2D eigenvalue weighted by atomic mass is 10.1. The molecule has 0 aliphatic heterocycles. The lowest BCUT2D eigenvalue weighted by Crippen LogP contribution is -2.29. The van der Waals surface area contributed by atoms with Gasteiger partial charge in [-0.3, -0.25) is 4.79 Å². The molecule has 1 atom stereocenters. The van der Waals surface area contributed by atoms with E-state index in [9.17, 15) is 4.79 Å². The number of amides is 1. The molecular formula is C16H14Br2ClNO. The van der Waals surface area contributed by atoms with Crippen LogP contribution in [0.25, 0.3) is 0 Å². The average Bonchev–Trinajstić information content (AvgIpc) is 2.46. The summed E-state index contributed by atoms with van der Waals surface area (Å²) in [5.41, 5.74) is 1.69. The van der Waals surface area contributed by atoms with Crippen LogP contribution in [0.3, 0.4) is 0 Å². The van der Waals surface area contributed by atoms with E-state index in [1.165, 1.54) is 0 Å². The molecular weight excluding hydrogens is 417 g/mol. The van der Waals surface area contributed by atoms with Crippen molar-refractivity contribution >= 4 is 49.4 Å². The molecule has 110 valence electrons. The van der Waals surface area contributed by atoms with E-state index >= 15 is 0 Å². The first kappa shape index (κ1) is 16.5. The highest BCUT2D eigenvalue weighted by atomic mass is 79.9. The molecule has 0 fully saturated rings. The van der Waals surface area contributed by atoms with Gasteiger partial charge in [-0.25, -0.2) is 0 Å². The van der Waals surface area contributed by atoms with E-state index in [-0.39, 0.29) is 11.9 Å². The van der Waals surface area contributed by atoms with Gasteiger partial charge in [0.25, 0.3) is 5.91 Å². The maximum absolute atomic E-state index is 12.6. The second-order valence-corrected chi connectivity index (χ2v) is 6.97. The number of halogens is 3. The van der Waals surface area contributed by atoms with E-state index in [0.717, 1.165) is 14.5 Å². The zero-order valence-corrected chi connectivity index (χ0v) is 15.5. The van der Waals surface area contributed by atoms with Crippen molar-refractivity contribution in [3.05, 3.63) is 67.6 Å². The second-order valence-electron chi connectivity index (χ2n) is 4.77. The van der Waals surface area contributed by atoms with Gasteiger partial charge in [-0.15, -0.1) is 0 Å². The number of hydrogen-bond donors (Lipinski definition) is 0. The summed E-state index contributed by atoms with van der Waals surface area (Å²) in [6.45, 7) is 1.99. The number of rotatable bonds is 3. The Labute approximate surface area is 146 Å². The van der Waals surface area contributed by atoms with Gasteiger partial charge in [0, 0.05) is 21.0 Å². The Bertz CT molecular complexity index is 658. The van der Waals surface area contributed by atoms with Crippen molar-refractivity contribution in [3.8, 4) is 0 Å². The molecule has 2 aromatic carbocycles. The molecule has 0 radical (unpaired) electrons. The zero-order chi connectivity index (χ0) is 15.6. The van der Waals surface area contributed by atoms with E-state index in [0.29, 0.717) is 10.6 Å². The molecule has 5 heteroatoms. The summed E-state index contributed by atoms with van der Waals surface area (Å²) in [5, 5.41) is 0.690. The fraction of sp³-hybridized carbons (Fsp3) is 0.188. The highest BCUT2D eigenvalue weighted by Gasteiger charge is 2.20. The number of benzene rings is 2. The van der Waals surface area contributed by atoms with E-state index in [4.69, 9.17) is 11.6 Å². The lowest BCUT2D eigenvalue weighted by Gasteiger charge is -2.26. The Hall–Kier alpha value is -0.840. The van der Waals surface area contributed by atoms with Crippen LogP contribution in [0, 0.1) is 0 Å². The monoisotopic (exact) mass is 429 g/mol. The van der Waals surface area contributed by atoms with Crippen LogP contribution in [0.5, 0.6) is 0 Å². The number of carbonyl (C=O) groups excluding carboxylic acids is 1. The normalized spacial score (nSPS) is 12.0. The summed E-state index contributed by atoms with van der Waals surface area (Å²) < 4.78 is 1.70. The van der Waals surface area contributed by atoms with Crippen LogP contribution in [0.2, 0.25) is 5.02 Å². The molecule has 1 unspecified atom stereocenters. The Balaban J connectivity index is 2.24. The molecule has 0 saturated carbocycles. The quantitative estimate of drug-likeness (QED) is 0.611. The fourth-order valence-corrected chi connectivity index (χ4v) is 3.34. The van der Waals surface area contributed by atoms with Crippen molar-refractivity contribution in [2.45, 2.75) is 13.0 Å². The predicted octanol–water partition coefficient (Wildman–Crippen LogP) is 5.70. The largest absolute Gasteiger partial charge is 0.335 e. The molecule has 0 aliphatic rings. The Morgan fingerprint density at radius 3 is 2.33 bits per heavy atom. The summed E-state index contributed by atoms with van der Waals surface area (Å²) in [4.78, 5) is 14.3. The number of carbonyl (C=O) groups is 1. The number of nitrogens with zero attached hydrogens (tertiary/aromatic N) is 1. The summed E-state index contributed by atoms with van der Waals surface area (Å²) in [6.07, 6.45) is 0. The molecule has 0 bridgehead atoms. The summed E-state index contributed by atoms with van der Waals surface area (Å²) >= 11 is 12.7. The molecule has 2 nitrogen and oxygen atoms in total. The van der Waals surface area contributed by atoms with Crippen LogP contribution in [0.4, 0.5) is 0 Å². The van der Waals surface area contributed by atoms with Gasteiger partial charge in [0.15, 0.2) is 0 Å². The van der Waals surface area contributed by atoms with E-state index in [2.05, 4.69) is 31.9 Å². The highest BCUT2D eigenvalue weighted by Crippen LogP contribution is 2.27. The molecule has 1 amide bonds. The molecule has 21 heavy (non-hydrogen) atoms. The van der Waals surface area contributed by atoms with Crippen LogP contribution < -0.4 is 0 Å². The second kappa shape index (κ2) is 6.95. The molecule has 0 heterocycles. The third kappa shape index (κ3) is 3.87. The van der Waals surface area contributed by atoms with Crippen LogP contribution >= 0.6 is 43.5 Å². The Kier molecular flexibility index (Phi) is 5.47. The van der Waals surface area contributed by atoms with Gasteiger partial charge in [-0.2, -0.15) is 0 Å². The predicted molar refractivity (Wildman–Crippen MR) is 93.8 cm³/mol. The van der Waals surface area contributed by atoms with Gasteiger partial charge < -0.3 is 4.90 Å². The van der Waals surface area contributed by atoms with Crippen molar-refractivity contribution in [1.82, 2.24) is 4.90 Å². The molecule has 0 N–H and O–H groups in total. The van der Waals surface area contributed by atoms with Crippen molar-refractivity contribution in [3.63, 3.8) is 0 Å². The third-order valence-corrected chi connectivity index (χ3v) is 4.82. The van der Waals surface area contributed by atoms with Crippen molar-refractivity contribution < 1.29 is 4.79 Å². The van der Waals surface area contributed by atoms with Gasteiger partial charge in [0.1, 0.15) is 0 Å². The topological polar surface area (TPSA) is 20.3 Å². The number of hydrogen-bond acceptors (Lipinski definition) is 1. The Morgan fingerprint density at radius 1 is 1.14 bits per heavy atom. The lowest BCUT2D eigenvalue weighted by molar-refractivity contribution is 0.0741. The van der Waals surface area contributed by atoms with Crippen molar-refractivity contribution in [1.29, 1.82) is 0 Å². The van der Waals surface area contributed by atoms with E-state index < -0.39 is 0 Å². The zero-order valence-electron chi connectivity index (χ0n) is 11.6. The van der Waals surface area contributed by atoms with Crippen LogP contribution in [-0.2, 0) is 0 Å². The minimum atomic E-state index is -0.0367. The van der Waals surface area contributed by atoms with Crippen molar-refractivity contribution in [2.75, 3.05) is 7.05 Å². The fourth-order valence-electron chi connectivity index (χ4n) is 1.99. The molecule has 0 saturated heterocycles. The first-order valence-corrected chi connectivity index (χ1v) is 8.34. The third-order valence-electron chi connectivity index (χ3n) is 3.42. The summed E-state index contributed by atoms with van der Waals surface area (Å²) in [7, 11) is 1.80. The van der Waals surface area contributed by atoms with Gasteiger partial charge >= 0.3 is 0 Å². The Morgan fingerprint density at radius 2 is 1.76 bits per heavy atom. The van der Waals surface area contributed by atoms with E-state index in [1.54, 1.807) is 11.9 Å². The van der Waals surface area contributed by atoms with Gasteiger partial charge in [-0.05, 0) is 58.7 Å². The minimum Gasteiger partial charge on any atom is -0.335 e. The molecule has 2 rings (SSSR count). The molecule has 0 aromatic heterocycles. The van der Waals surface area contributed by atoms with Gasteiger partial charge in [0.05, 0.1) is 11.6 Å². The SMILES string of the molecule is CC(c1ccc(Cl)cc1)N(C)C(=O)c1ccc(Br)cc1Br. The van der Waals surface area contributed by atoms with Crippen molar-refractivity contribution in [2.24, 2.45) is 0 Å². The van der Waals surface area contributed by atoms with Crippen LogP contribution in [0.15, 0.2) is 51.4 Å². The molecule has 0 spiro atoms. The highest BCUT2D eigenvalue weighted by molar-refractivity contribution is 9.11. The maximum Gasteiger partial charge on any atom is 0.255 e. The minimum absolute atomic E-state index is 0.0307. The van der Waals surface area contributed by atoms with E-state index in [1.807, 2.05) is 49.4 Å². The maximum atomic E-state index is 12.6. The standard InChI is InChI=1S/C16H14Br2ClNO/c1-10(11-3-6-13(19)7-4-11)20(2)16(21)14-8-5-12(17)9-15(14)18/h3-10H,1-2H3. The van der Waals surface area contributed by atoms with Crippen LogP contribution in [0.1, 0.15) is 28.9 Å². The summed E-state index contributed by atoms with van der Waals surface area (Å²) in [5.74, 6) is -0.0307. The van der Waals surface area contributed by atoms with Gasteiger partial charge in [-0.1, -0.05) is 39.7 Å². The van der Waals surface area contributed by atoms with Gasteiger partial charge in [0.2, 0.25) is 0 Å².